The fraction of sp³-hybridized carbons (Fsp3) is 0.611. The van der Waals surface area contributed by atoms with Crippen molar-refractivity contribution in [3.63, 3.8) is 0 Å². The number of fused-ring (bicyclic) bond motifs is 2. The predicted octanol–water partition coefficient (Wildman–Crippen LogP) is 3.64. The first kappa shape index (κ1) is 14.4. The molecule has 1 aromatic rings. The highest BCUT2D eigenvalue weighted by Gasteiger charge is 2.42. The predicted molar refractivity (Wildman–Crippen MR) is 83.5 cm³/mol. The summed E-state index contributed by atoms with van der Waals surface area (Å²) in [5.41, 5.74) is 0.648. The van der Waals surface area contributed by atoms with Crippen LogP contribution in [-0.2, 0) is 0 Å². The van der Waals surface area contributed by atoms with E-state index in [-0.39, 0.29) is 11.9 Å². The van der Waals surface area contributed by atoms with E-state index in [2.05, 4.69) is 12.2 Å². The minimum Gasteiger partial charge on any atom is -0.493 e. The van der Waals surface area contributed by atoms with Gasteiger partial charge >= 0.3 is 0 Å². The van der Waals surface area contributed by atoms with E-state index < -0.39 is 0 Å². The molecule has 21 heavy (non-hydrogen) atoms. The van der Waals surface area contributed by atoms with E-state index >= 15 is 0 Å². The van der Waals surface area contributed by atoms with Gasteiger partial charge in [-0.15, -0.1) is 0 Å². The quantitative estimate of drug-likeness (QED) is 0.898. The molecule has 2 saturated carbocycles. The molecule has 0 unspecified atom stereocenters. The van der Waals surface area contributed by atoms with Crippen LogP contribution in [0.5, 0.6) is 5.75 Å². The number of rotatable bonds is 5. The smallest absolute Gasteiger partial charge is 0.255 e. The van der Waals surface area contributed by atoms with Gasteiger partial charge < -0.3 is 10.1 Å². The van der Waals surface area contributed by atoms with Crippen LogP contribution < -0.4 is 10.1 Å². The molecular weight excluding hydrogens is 262 g/mol. The molecule has 3 heteroatoms. The summed E-state index contributed by atoms with van der Waals surface area (Å²) in [5, 5.41) is 3.20. The lowest BCUT2D eigenvalue weighted by atomic mass is 9.84. The van der Waals surface area contributed by atoms with Crippen LogP contribution in [0.4, 0.5) is 0 Å². The standard InChI is InChI=1S/C18H25NO2/c1-3-21-17-7-5-4-6-15(17)18(20)19-12(2)16-11-13-8-9-14(16)10-13/h4-7,12-14,16H,3,8-11H2,1-2H3,(H,19,20)/t12-,13-,14+,16+/m1/s1. The summed E-state index contributed by atoms with van der Waals surface area (Å²) < 4.78 is 5.55. The van der Waals surface area contributed by atoms with E-state index in [9.17, 15) is 4.79 Å². The van der Waals surface area contributed by atoms with Gasteiger partial charge in [0.2, 0.25) is 0 Å². The first-order valence-corrected chi connectivity index (χ1v) is 8.21. The Morgan fingerprint density at radius 3 is 2.81 bits per heavy atom. The monoisotopic (exact) mass is 287 g/mol. The van der Waals surface area contributed by atoms with Crippen molar-refractivity contribution in [3.05, 3.63) is 29.8 Å². The van der Waals surface area contributed by atoms with E-state index in [4.69, 9.17) is 4.74 Å². The van der Waals surface area contributed by atoms with Gasteiger partial charge in [-0.2, -0.15) is 0 Å². The average molecular weight is 287 g/mol. The van der Waals surface area contributed by atoms with Crippen molar-refractivity contribution in [2.75, 3.05) is 6.61 Å². The summed E-state index contributed by atoms with van der Waals surface area (Å²) >= 11 is 0. The molecule has 1 amide bonds. The topological polar surface area (TPSA) is 38.3 Å². The molecule has 0 aliphatic heterocycles. The SMILES string of the molecule is CCOc1ccccc1C(=O)N[C@H](C)[C@@H]1C[C@@H]2CC[C@H]1C2. The van der Waals surface area contributed by atoms with Gasteiger partial charge in [0, 0.05) is 6.04 Å². The summed E-state index contributed by atoms with van der Waals surface area (Å²) in [6.07, 6.45) is 5.42. The molecule has 0 saturated heterocycles. The Labute approximate surface area is 127 Å². The van der Waals surface area contributed by atoms with Crippen LogP contribution in [0.2, 0.25) is 0 Å². The highest BCUT2D eigenvalue weighted by atomic mass is 16.5. The van der Waals surface area contributed by atoms with Crippen LogP contribution >= 0.6 is 0 Å². The van der Waals surface area contributed by atoms with Crippen LogP contribution in [0.15, 0.2) is 24.3 Å². The Kier molecular flexibility index (Phi) is 4.18. The van der Waals surface area contributed by atoms with Crippen molar-refractivity contribution < 1.29 is 9.53 Å². The van der Waals surface area contributed by atoms with Crippen molar-refractivity contribution in [1.29, 1.82) is 0 Å². The largest absolute Gasteiger partial charge is 0.493 e. The highest BCUT2D eigenvalue weighted by molar-refractivity contribution is 5.97. The molecule has 2 bridgehead atoms. The molecule has 2 aliphatic rings. The van der Waals surface area contributed by atoms with Gasteiger partial charge in [0.1, 0.15) is 5.75 Å². The number of nitrogens with one attached hydrogen (secondary N) is 1. The van der Waals surface area contributed by atoms with Crippen molar-refractivity contribution in [2.45, 2.75) is 45.6 Å². The summed E-state index contributed by atoms with van der Waals surface area (Å²) in [7, 11) is 0. The van der Waals surface area contributed by atoms with E-state index in [1.165, 1.54) is 25.7 Å². The zero-order valence-corrected chi connectivity index (χ0v) is 13.0. The Bertz CT molecular complexity index is 514. The van der Waals surface area contributed by atoms with Crippen molar-refractivity contribution in [1.82, 2.24) is 5.32 Å². The molecule has 1 N–H and O–H groups in total. The fourth-order valence-electron chi connectivity index (χ4n) is 4.23. The first-order chi connectivity index (χ1) is 10.2. The van der Waals surface area contributed by atoms with Crippen LogP contribution in [0, 0.1) is 17.8 Å². The number of benzene rings is 1. The third kappa shape index (κ3) is 2.92. The maximum absolute atomic E-state index is 12.5. The lowest BCUT2D eigenvalue weighted by Crippen LogP contribution is -2.40. The van der Waals surface area contributed by atoms with Gasteiger partial charge in [0.05, 0.1) is 12.2 Å². The van der Waals surface area contributed by atoms with E-state index in [0.29, 0.717) is 23.8 Å². The highest BCUT2D eigenvalue weighted by Crippen LogP contribution is 2.49. The van der Waals surface area contributed by atoms with Crippen LogP contribution in [-0.4, -0.2) is 18.6 Å². The summed E-state index contributed by atoms with van der Waals surface area (Å²) in [4.78, 5) is 12.5. The van der Waals surface area contributed by atoms with Gasteiger partial charge in [-0.05, 0) is 63.0 Å². The zero-order valence-electron chi connectivity index (χ0n) is 13.0. The molecule has 2 aliphatic carbocycles. The molecule has 3 rings (SSSR count). The fourth-order valence-corrected chi connectivity index (χ4v) is 4.23. The molecule has 3 nitrogen and oxygen atoms in total. The minimum absolute atomic E-state index is 0.00526. The number of hydrogen-bond donors (Lipinski definition) is 1. The Balaban J connectivity index is 1.66. The van der Waals surface area contributed by atoms with E-state index in [1.54, 1.807) is 0 Å². The van der Waals surface area contributed by atoms with Gasteiger partial charge in [-0.1, -0.05) is 18.6 Å². The number of para-hydroxylation sites is 1. The summed E-state index contributed by atoms with van der Waals surface area (Å²) in [5.74, 6) is 3.07. The molecule has 1 aromatic carbocycles. The normalized spacial score (nSPS) is 28.4. The van der Waals surface area contributed by atoms with Crippen LogP contribution in [0.3, 0.4) is 0 Å². The van der Waals surface area contributed by atoms with Crippen molar-refractivity contribution in [2.24, 2.45) is 17.8 Å². The number of amides is 1. The maximum atomic E-state index is 12.5. The lowest BCUT2D eigenvalue weighted by Gasteiger charge is -2.28. The molecule has 4 atom stereocenters. The molecule has 0 radical (unpaired) electrons. The van der Waals surface area contributed by atoms with Gasteiger partial charge in [-0.25, -0.2) is 0 Å². The second kappa shape index (κ2) is 6.08. The van der Waals surface area contributed by atoms with E-state index in [0.717, 1.165) is 11.8 Å². The molecule has 114 valence electrons. The van der Waals surface area contributed by atoms with Gasteiger partial charge in [-0.3, -0.25) is 4.79 Å². The second-order valence-electron chi connectivity index (χ2n) is 6.53. The zero-order chi connectivity index (χ0) is 14.8. The Morgan fingerprint density at radius 1 is 1.33 bits per heavy atom. The van der Waals surface area contributed by atoms with Crippen LogP contribution in [0.25, 0.3) is 0 Å². The summed E-state index contributed by atoms with van der Waals surface area (Å²) in [6.45, 7) is 4.67. The Morgan fingerprint density at radius 2 is 2.14 bits per heavy atom. The first-order valence-electron chi connectivity index (χ1n) is 8.21. The summed E-state index contributed by atoms with van der Waals surface area (Å²) in [6, 6.07) is 7.75. The lowest BCUT2D eigenvalue weighted by molar-refractivity contribution is 0.0911. The maximum Gasteiger partial charge on any atom is 0.255 e. The molecule has 0 spiro atoms. The molecular formula is C18H25NO2. The minimum atomic E-state index is -0.00526. The van der Waals surface area contributed by atoms with Crippen molar-refractivity contribution >= 4 is 5.91 Å². The third-order valence-electron chi connectivity index (χ3n) is 5.23. The van der Waals surface area contributed by atoms with Gasteiger partial charge in [0.15, 0.2) is 0 Å². The second-order valence-corrected chi connectivity index (χ2v) is 6.53. The molecule has 0 heterocycles. The number of carbonyl (C=O) groups excluding carboxylic acids is 1. The number of carbonyl (C=O) groups is 1. The third-order valence-corrected chi connectivity index (χ3v) is 5.23. The number of hydrogen-bond acceptors (Lipinski definition) is 2. The average Bonchev–Trinajstić information content (AvgIpc) is 3.10. The van der Waals surface area contributed by atoms with E-state index in [1.807, 2.05) is 31.2 Å². The Hall–Kier alpha value is -1.51. The van der Waals surface area contributed by atoms with Gasteiger partial charge in [0.25, 0.3) is 5.91 Å². The molecule has 0 aromatic heterocycles. The molecule has 2 fully saturated rings. The number of ether oxygens (including phenoxy) is 1. The van der Waals surface area contributed by atoms with Crippen LogP contribution in [0.1, 0.15) is 49.9 Å². The van der Waals surface area contributed by atoms with Crippen molar-refractivity contribution in [3.8, 4) is 5.75 Å².